The fourth-order valence-corrected chi connectivity index (χ4v) is 5.34. The molecule has 1 aromatic heterocycles. The highest BCUT2D eigenvalue weighted by molar-refractivity contribution is 7.98. The summed E-state index contributed by atoms with van der Waals surface area (Å²) < 4.78 is 6.21. The fraction of sp³-hybridized carbons (Fsp3) is 0.526. The van der Waals surface area contributed by atoms with Crippen LogP contribution in [0.3, 0.4) is 0 Å². The molecule has 1 aromatic carbocycles. The van der Waals surface area contributed by atoms with Gasteiger partial charge in [-0.1, -0.05) is 11.3 Å². The summed E-state index contributed by atoms with van der Waals surface area (Å²) in [5.41, 5.74) is 1.04. The van der Waals surface area contributed by atoms with Crippen LogP contribution in [0.15, 0.2) is 23.1 Å². The molecule has 2 saturated heterocycles. The smallest absolute Gasteiger partial charge is 0.327 e. The molecule has 0 spiro atoms. The number of amides is 3. The number of hydrogen-bond donors (Lipinski definition) is 0. The van der Waals surface area contributed by atoms with E-state index < -0.39 is 0 Å². The van der Waals surface area contributed by atoms with E-state index in [-0.39, 0.29) is 24.5 Å². The Kier molecular flexibility index (Phi) is 5.75. The number of nitrogens with zero attached hydrogens (tertiary/aromatic N) is 4. The summed E-state index contributed by atoms with van der Waals surface area (Å²) in [4.78, 5) is 36.1. The minimum atomic E-state index is -0.176. The quantitative estimate of drug-likeness (QED) is 0.529. The van der Waals surface area contributed by atoms with E-state index in [9.17, 15) is 9.59 Å². The van der Waals surface area contributed by atoms with Crippen molar-refractivity contribution in [3.8, 4) is 0 Å². The van der Waals surface area contributed by atoms with E-state index in [1.54, 1.807) is 35.1 Å². The van der Waals surface area contributed by atoms with E-state index in [4.69, 9.17) is 9.72 Å². The molecule has 2 aliphatic rings. The maximum atomic E-state index is 12.6. The number of rotatable bonds is 6. The van der Waals surface area contributed by atoms with E-state index in [0.29, 0.717) is 13.2 Å². The Morgan fingerprint density at radius 1 is 1.29 bits per heavy atom. The number of carbonyl (C=O) groups excluding carboxylic acids is 2. The van der Waals surface area contributed by atoms with Crippen LogP contribution in [0.25, 0.3) is 10.2 Å². The molecule has 9 heteroatoms. The second kappa shape index (κ2) is 8.26. The van der Waals surface area contributed by atoms with Crippen molar-refractivity contribution in [2.45, 2.75) is 23.8 Å². The maximum Gasteiger partial charge on any atom is 0.327 e. The number of benzene rings is 1. The molecule has 0 atom stereocenters. The van der Waals surface area contributed by atoms with Gasteiger partial charge in [0.1, 0.15) is 6.54 Å². The fourth-order valence-electron chi connectivity index (χ4n) is 3.77. The number of piperidine rings is 1. The molecular weight excluding hydrogens is 396 g/mol. The van der Waals surface area contributed by atoms with E-state index in [1.807, 2.05) is 0 Å². The number of carbonyl (C=O) groups is 2. The van der Waals surface area contributed by atoms with Crippen LogP contribution in [0.1, 0.15) is 12.8 Å². The van der Waals surface area contributed by atoms with E-state index in [2.05, 4.69) is 29.4 Å². The number of methoxy groups -OCH3 is 1. The Morgan fingerprint density at radius 2 is 2.07 bits per heavy atom. The predicted molar refractivity (Wildman–Crippen MR) is 112 cm³/mol. The van der Waals surface area contributed by atoms with Crippen molar-refractivity contribution in [2.24, 2.45) is 0 Å². The molecular formula is C19H24N4O3S2. The second-order valence-electron chi connectivity index (χ2n) is 7.00. The lowest BCUT2D eigenvalue weighted by Crippen LogP contribution is -2.46. The number of fused-ring (bicyclic) bond motifs is 1. The molecule has 2 aliphatic heterocycles. The van der Waals surface area contributed by atoms with Crippen LogP contribution in [0, 0.1) is 0 Å². The summed E-state index contributed by atoms with van der Waals surface area (Å²) >= 11 is 3.46. The molecule has 3 heterocycles. The highest BCUT2D eigenvalue weighted by atomic mass is 32.2. The summed E-state index contributed by atoms with van der Waals surface area (Å²) in [5, 5.41) is 1.04. The lowest BCUT2D eigenvalue weighted by Gasteiger charge is -2.36. The molecule has 0 saturated carbocycles. The Morgan fingerprint density at radius 3 is 2.79 bits per heavy atom. The molecule has 150 valence electrons. The summed E-state index contributed by atoms with van der Waals surface area (Å²) in [6.07, 6.45) is 3.78. The van der Waals surface area contributed by atoms with Crippen molar-refractivity contribution < 1.29 is 14.3 Å². The van der Waals surface area contributed by atoms with Crippen LogP contribution in [0.2, 0.25) is 0 Å². The van der Waals surface area contributed by atoms with Gasteiger partial charge in [0, 0.05) is 31.1 Å². The average Bonchev–Trinajstić information content (AvgIpc) is 3.27. The number of thioether (sulfide) groups is 1. The maximum absolute atomic E-state index is 12.6. The first-order valence-electron chi connectivity index (χ1n) is 9.40. The molecule has 3 amide bonds. The Balaban J connectivity index is 1.39. The second-order valence-corrected chi connectivity index (χ2v) is 8.89. The third kappa shape index (κ3) is 3.70. The van der Waals surface area contributed by atoms with Crippen molar-refractivity contribution in [1.82, 2.24) is 14.8 Å². The lowest BCUT2D eigenvalue weighted by molar-refractivity contribution is -0.125. The topological polar surface area (TPSA) is 66.0 Å². The largest absolute Gasteiger partial charge is 0.383 e. The molecule has 0 unspecified atom stereocenters. The summed E-state index contributed by atoms with van der Waals surface area (Å²) in [6.45, 7) is 2.57. The SMILES string of the molecule is COCCN1C(=O)CN(C2CCN(c3nc4ccc(SC)cc4s3)CC2)C1=O. The van der Waals surface area contributed by atoms with Gasteiger partial charge in [0.25, 0.3) is 0 Å². The number of hydrogen-bond acceptors (Lipinski definition) is 7. The highest BCUT2D eigenvalue weighted by Crippen LogP contribution is 2.33. The number of imide groups is 1. The van der Waals surface area contributed by atoms with Gasteiger partial charge < -0.3 is 14.5 Å². The minimum Gasteiger partial charge on any atom is -0.383 e. The van der Waals surface area contributed by atoms with Gasteiger partial charge in [0.2, 0.25) is 5.91 Å². The Hall–Kier alpha value is -1.84. The van der Waals surface area contributed by atoms with Crippen LogP contribution < -0.4 is 4.90 Å². The van der Waals surface area contributed by atoms with Crippen LogP contribution in [0.4, 0.5) is 9.93 Å². The third-order valence-corrected chi connectivity index (χ3v) is 7.17. The molecule has 28 heavy (non-hydrogen) atoms. The predicted octanol–water partition coefficient (Wildman–Crippen LogP) is 2.90. The van der Waals surface area contributed by atoms with Crippen LogP contribution >= 0.6 is 23.1 Å². The normalized spacial score (nSPS) is 18.7. The number of ether oxygens (including phenoxy) is 1. The van der Waals surface area contributed by atoms with Crippen molar-refractivity contribution in [1.29, 1.82) is 0 Å². The molecule has 4 rings (SSSR count). The number of urea groups is 1. The van der Waals surface area contributed by atoms with Crippen LogP contribution in [-0.2, 0) is 9.53 Å². The van der Waals surface area contributed by atoms with Gasteiger partial charge in [-0.15, -0.1) is 11.8 Å². The molecule has 0 N–H and O–H groups in total. The number of anilines is 1. The van der Waals surface area contributed by atoms with E-state index in [1.165, 1.54) is 14.5 Å². The molecule has 7 nitrogen and oxygen atoms in total. The van der Waals surface area contributed by atoms with Crippen molar-refractivity contribution in [3.63, 3.8) is 0 Å². The van der Waals surface area contributed by atoms with Gasteiger partial charge in [0.15, 0.2) is 5.13 Å². The Labute approximate surface area is 172 Å². The van der Waals surface area contributed by atoms with Crippen LogP contribution in [-0.4, -0.2) is 78.9 Å². The summed E-state index contributed by atoms with van der Waals surface area (Å²) in [6, 6.07) is 6.31. The zero-order chi connectivity index (χ0) is 19.7. The Bertz CT molecular complexity index is 879. The first-order valence-corrected chi connectivity index (χ1v) is 11.4. The summed E-state index contributed by atoms with van der Waals surface area (Å²) in [7, 11) is 1.57. The van der Waals surface area contributed by atoms with Crippen LogP contribution in [0.5, 0.6) is 0 Å². The molecule has 0 aliphatic carbocycles. The number of thiazole rings is 1. The minimum absolute atomic E-state index is 0.109. The van der Waals surface area contributed by atoms with Gasteiger partial charge >= 0.3 is 6.03 Å². The third-order valence-electron chi connectivity index (χ3n) is 5.36. The first kappa shape index (κ1) is 19.5. The van der Waals surface area contributed by atoms with Crippen molar-refractivity contribution >= 4 is 50.4 Å². The molecule has 2 aromatic rings. The average molecular weight is 421 g/mol. The lowest BCUT2D eigenvalue weighted by atomic mass is 10.0. The summed E-state index contributed by atoms with van der Waals surface area (Å²) in [5.74, 6) is -0.125. The van der Waals surface area contributed by atoms with Gasteiger partial charge in [-0.05, 0) is 37.3 Å². The zero-order valence-electron chi connectivity index (χ0n) is 16.1. The van der Waals surface area contributed by atoms with Gasteiger partial charge in [-0.3, -0.25) is 9.69 Å². The molecule has 2 fully saturated rings. The number of aromatic nitrogens is 1. The van der Waals surface area contributed by atoms with E-state index in [0.717, 1.165) is 36.6 Å². The van der Waals surface area contributed by atoms with Crippen molar-refractivity contribution in [3.05, 3.63) is 18.2 Å². The standard InChI is InChI=1S/C19H24N4O3S2/c1-26-10-9-22-17(24)12-23(19(22)25)13-5-7-21(8-6-13)18-20-15-4-3-14(27-2)11-16(15)28-18/h3-4,11,13H,5-10,12H2,1-2H3. The highest BCUT2D eigenvalue weighted by Gasteiger charge is 2.40. The first-order chi connectivity index (χ1) is 13.6. The zero-order valence-corrected chi connectivity index (χ0v) is 17.7. The van der Waals surface area contributed by atoms with Gasteiger partial charge in [-0.25, -0.2) is 9.78 Å². The van der Waals surface area contributed by atoms with Gasteiger partial charge in [0.05, 0.1) is 23.4 Å². The van der Waals surface area contributed by atoms with E-state index >= 15 is 0 Å². The molecule has 0 bridgehead atoms. The van der Waals surface area contributed by atoms with Crippen molar-refractivity contribution in [2.75, 3.05) is 51.1 Å². The molecule has 0 radical (unpaired) electrons. The van der Waals surface area contributed by atoms with Gasteiger partial charge in [-0.2, -0.15) is 0 Å². The monoisotopic (exact) mass is 420 g/mol.